The van der Waals surface area contributed by atoms with Gasteiger partial charge < -0.3 is 9.64 Å². The van der Waals surface area contributed by atoms with Crippen molar-refractivity contribution >= 4 is 21.8 Å². The largest absolute Gasteiger partial charge is 0.376 e. The maximum atomic E-state index is 12.3. The van der Waals surface area contributed by atoms with Gasteiger partial charge in [-0.05, 0) is 43.5 Å². The molecule has 0 N–H and O–H groups in total. The Hall–Kier alpha value is -0.870. The van der Waals surface area contributed by atoms with Gasteiger partial charge in [-0.15, -0.1) is 0 Å². The minimum Gasteiger partial charge on any atom is -0.376 e. The van der Waals surface area contributed by atoms with E-state index in [2.05, 4.69) is 15.9 Å². The molecule has 1 saturated heterocycles. The first-order valence-corrected chi connectivity index (χ1v) is 7.00. The Labute approximate surface area is 116 Å². The number of benzene rings is 1. The van der Waals surface area contributed by atoms with E-state index in [0.29, 0.717) is 6.54 Å². The van der Waals surface area contributed by atoms with E-state index >= 15 is 0 Å². The minimum absolute atomic E-state index is 0.0566. The van der Waals surface area contributed by atoms with E-state index in [0.717, 1.165) is 35.0 Å². The van der Waals surface area contributed by atoms with Crippen LogP contribution in [-0.2, 0) is 4.74 Å². The molecule has 1 heterocycles. The number of nitrogens with zero attached hydrogens (tertiary/aromatic N) is 1. The number of halogens is 1. The van der Waals surface area contributed by atoms with Crippen LogP contribution in [0.1, 0.15) is 28.8 Å². The van der Waals surface area contributed by atoms with Gasteiger partial charge in [-0.25, -0.2) is 0 Å². The molecular weight excluding hydrogens is 294 g/mol. The third kappa shape index (κ3) is 3.12. The van der Waals surface area contributed by atoms with Crippen molar-refractivity contribution in [3.05, 3.63) is 33.8 Å². The highest BCUT2D eigenvalue weighted by Gasteiger charge is 2.20. The molecule has 98 valence electrons. The zero-order valence-electron chi connectivity index (χ0n) is 10.8. The summed E-state index contributed by atoms with van der Waals surface area (Å²) >= 11 is 3.44. The van der Waals surface area contributed by atoms with Crippen LogP contribution < -0.4 is 0 Å². The van der Waals surface area contributed by atoms with Gasteiger partial charge in [-0.1, -0.05) is 15.9 Å². The molecule has 0 radical (unpaired) electrons. The Morgan fingerprint density at radius 3 is 2.94 bits per heavy atom. The number of aryl methyl sites for hydroxylation is 1. The van der Waals surface area contributed by atoms with Gasteiger partial charge >= 0.3 is 0 Å². The van der Waals surface area contributed by atoms with Crippen molar-refractivity contribution in [2.45, 2.75) is 25.9 Å². The Morgan fingerprint density at radius 2 is 2.33 bits per heavy atom. The summed E-state index contributed by atoms with van der Waals surface area (Å²) in [4.78, 5) is 14.0. The van der Waals surface area contributed by atoms with Crippen LogP contribution in [0.5, 0.6) is 0 Å². The molecule has 1 atom stereocenters. The van der Waals surface area contributed by atoms with Crippen LogP contribution in [0.2, 0.25) is 0 Å². The number of hydrogen-bond donors (Lipinski definition) is 0. The van der Waals surface area contributed by atoms with Crippen molar-refractivity contribution in [1.82, 2.24) is 4.90 Å². The molecule has 1 aromatic carbocycles. The van der Waals surface area contributed by atoms with E-state index in [1.165, 1.54) is 0 Å². The summed E-state index contributed by atoms with van der Waals surface area (Å²) in [6.07, 6.45) is 2.36. The average Bonchev–Trinajstić information content (AvgIpc) is 2.84. The van der Waals surface area contributed by atoms with Gasteiger partial charge in [0, 0.05) is 30.2 Å². The number of rotatable bonds is 3. The van der Waals surface area contributed by atoms with E-state index in [9.17, 15) is 4.79 Å². The van der Waals surface area contributed by atoms with Gasteiger partial charge in [-0.2, -0.15) is 0 Å². The van der Waals surface area contributed by atoms with Crippen molar-refractivity contribution < 1.29 is 9.53 Å². The summed E-state index contributed by atoms with van der Waals surface area (Å²) in [7, 11) is 1.83. The number of likely N-dealkylation sites (N-methyl/N-ethyl adjacent to an activating group) is 1. The van der Waals surface area contributed by atoms with E-state index in [4.69, 9.17) is 4.74 Å². The predicted molar refractivity (Wildman–Crippen MR) is 74.8 cm³/mol. The van der Waals surface area contributed by atoms with E-state index in [1.54, 1.807) is 4.90 Å². The first-order chi connectivity index (χ1) is 8.58. The van der Waals surface area contributed by atoms with Crippen LogP contribution in [0.15, 0.2) is 22.7 Å². The number of hydrogen-bond acceptors (Lipinski definition) is 2. The molecule has 0 spiro atoms. The van der Waals surface area contributed by atoms with Crippen molar-refractivity contribution in [2.75, 3.05) is 20.2 Å². The molecule has 0 bridgehead atoms. The van der Waals surface area contributed by atoms with Gasteiger partial charge in [0.25, 0.3) is 5.91 Å². The molecule has 0 aromatic heterocycles. The summed E-state index contributed by atoms with van der Waals surface area (Å²) in [6.45, 7) is 3.49. The minimum atomic E-state index is 0.0566. The van der Waals surface area contributed by atoms with Crippen LogP contribution in [0, 0.1) is 6.92 Å². The first-order valence-electron chi connectivity index (χ1n) is 6.21. The Balaban J connectivity index is 2.02. The number of amides is 1. The molecule has 1 unspecified atom stereocenters. The zero-order valence-corrected chi connectivity index (χ0v) is 12.4. The van der Waals surface area contributed by atoms with E-state index in [-0.39, 0.29) is 12.0 Å². The van der Waals surface area contributed by atoms with Crippen LogP contribution >= 0.6 is 15.9 Å². The second-order valence-corrected chi connectivity index (χ2v) is 5.64. The monoisotopic (exact) mass is 311 g/mol. The fourth-order valence-electron chi connectivity index (χ4n) is 2.17. The molecule has 0 saturated carbocycles. The van der Waals surface area contributed by atoms with Crippen LogP contribution in [0.3, 0.4) is 0 Å². The van der Waals surface area contributed by atoms with Crippen LogP contribution in [0.25, 0.3) is 0 Å². The molecule has 4 heteroatoms. The maximum Gasteiger partial charge on any atom is 0.253 e. The maximum absolute atomic E-state index is 12.3. The number of carbonyl (C=O) groups excluding carboxylic acids is 1. The van der Waals surface area contributed by atoms with E-state index < -0.39 is 0 Å². The van der Waals surface area contributed by atoms with E-state index in [1.807, 2.05) is 32.2 Å². The molecule has 1 aliphatic rings. The van der Waals surface area contributed by atoms with Gasteiger partial charge in [0.05, 0.1) is 6.10 Å². The third-order valence-electron chi connectivity index (χ3n) is 3.25. The lowest BCUT2D eigenvalue weighted by Gasteiger charge is -2.21. The lowest BCUT2D eigenvalue weighted by atomic mass is 10.1. The summed E-state index contributed by atoms with van der Waals surface area (Å²) < 4.78 is 6.58. The molecule has 2 rings (SSSR count). The van der Waals surface area contributed by atoms with Gasteiger partial charge in [-0.3, -0.25) is 4.79 Å². The summed E-state index contributed by atoms with van der Waals surface area (Å²) in [5, 5.41) is 0. The van der Waals surface area contributed by atoms with Gasteiger partial charge in [0.1, 0.15) is 0 Å². The quantitative estimate of drug-likeness (QED) is 0.859. The highest BCUT2D eigenvalue weighted by molar-refractivity contribution is 9.10. The Kier molecular flexibility index (Phi) is 4.40. The molecule has 3 nitrogen and oxygen atoms in total. The zero-order chi connectivity index (χ0) is 13.1. The SMILES string of the molecule is Cc1cc(C(=O)N(C)CC2CCCO2)ccc1Br. The molecule has 1 aliphatic heterocycles. The third-order valence-corrected chi connectivity index (χ3v) is 4.14. The highest BCUT2D eigenvalue weighted by Crippen LogP contribution is 2.19. The lowest BCUT2D eigenvalue weighted by Crippen LogP contribution is -2.34. The molecular formula is C14H18BrNO2. The standard InChI is InChI=1S/C14H18BrNO2/c1-10-8-11(5-6-13(10)15)14(17)16(2)9-12-4-3-7-18-12/h5-6,8,12H,3-4,7,9H2,1-2H3. The number of ether oxygens (including phenoxy) is 1. The average molecular weight is 312 g/mol. The van der Waals surface area contributed by atoms with Gasteiger partial charge in [0.15, 0.2) is 0 Å². The Bertz CT molecular complexity index is 441. The van der Waals surface area contributed by atoms with Gasteiger partial charge in [0.2, 0.25) is 0 Å². The van der Waals surface area contributed by atoms with Crippen molar-refractivity contribution in [2.24, 2.45) is 0 Å². The first kappa shape index (κ1) is 13.6. The Morgan fingerprint density at radius 1 is 1.56 bits per heavy atom. The van der Waals surface area contributed by atoms with Crippen molar-refractivity contribution in [3.8, 4) is 0 Å². The molecule has 1 amide bonds. The molecule has 1 aromatic rings. The van der Waals surface area contributed by atoms with Crippen molar-refractivity contribution in [1.29, 1.82) is 0 Å². The van der Waals surface area contributed by atoms with Crippen LogP contribution in [0.4, 0.5) is 0 Å². The second kappa shape index (κ2) is 5.85. The normalized spacial score (nSPS) is 18.9. The second-order valence-electron chi connectivity index (χ2n) is 4.78. The fourth-order valence-corrected chi connectivity index (χ4v) is 2.42. The lowest BCUT2D eigenvalue weighted by molar-refractivity contribution is 0.0587. The smallest absolute Gasteiger partial charge is 0.253 e. The summed E-state index contributed by atoms with van der Waals surface area (Å²) in [5.74, 6) is 0.0566. The summed E-state index contributed by atoms with van der Waals surface area (Å²) in [5.41, 5.74) is 1.81. The molecule has 1 fully saturated rings. The predicted octanol–water partition coefficient (Wildman–Crippen LogP) is 3.01. The molecule has 18 heavy (non-hydrogen) atoms. The summed E-state index contributed by atoms with van der Waals surface area (Å²) in [6, 6.07) is 5.69. The fraction of sp³-hybridized carbons (Fsp3) is 0.500. The van der Waals surface area contributed by atoms with Crippen molar-refractivity contribution in [3.63, 3.8) is 0 Å². The topological polar surface area (TPSA) is 29.5 Å². The highest BCUT2D eigenvalue weighted by atomic mass is 79.9. The van der Waals surface area contributed by atoms with Crippen LogP contribution in [-0.4, -0.2) is 37.1 Å². The molecule has 0 aliphatic carbocycles. The number of carbonyl (C=O) groups is 1.